The Bertz CT molecular complexity index is 3850. The fourth-order valence-electron chi connectivity index (χ4n) is 10.2. The Kier molecular flexibility index (Phi) is 10.1. The molecule has 0 saturated carbocycles. The van der Waals surface area contributed by atoms with Gasteiger partial charge in [-0.15, -0.1) is 0 Å². The SMILES string of the molecule is NC(=N/C(=C\Cc1ccc(-c2cccc3c2c2ccccc2n3-c2ccccc2)cc1)c1ccc(-c2c3ccccc3c(-c3ccccc3)c3ccc4ccccc4c23)cc1)c1ccccc1. The molecule has 1 aromatic heterocycles. The second kappa shape index (κ2) is 17.0. The zero-order valence-electron chi connectivity index (χ0n) is 36.9. The molecule has 0 radical (unpaired) electrons. The summed E-state index contributed by atoms with van der Waals surface area (Å²) in [5.74, 6) is 0.481. The third-order valence-corrected chi connectivity index (χ3v) is 13.3. The molecule has 0 fully saturated rings. The number of nitrogens with two attached hydrogens (primary N) is 1. The zero-order chi connectivity index (χ0) is 44.7. The van der Waals surface area contributed by atoms with Crippen LogP contribution in [0.15, 0.2) is 254 Å². The molecule has 0 unspecified atom stereocenters. The lowest BCUT2D eigenvalue weighted by molar-refractivity contribution is 1.18. The Morgan fingerprint density at radius 1 is 0.403 bits per heavy atom. The first-order valence-electron chi connectivity index (χ1n) is 23.0. The Balaban J connectivity index is 0.944. The van der Waals surface area contributed by atoms with E-state index < -0.39 is 0 Å². The van der Waals surface area contributed by atoms with Crippen molar-refractivity contribution in [2.24, 2.45) is 10.7 Å². The summed E-state index contributed by atoms with van der Waals surface area (Å²) in [6, 6.07) is 86.9. The molecule has 0 aliphatic rings. The summed E-state index contributed by atoms with van der Waals surface area (Å²) in [5.41, 5.74) is 21.5. The van der Waals surface area contributed by atoms with Gasteiger partial charge in [-0.05, 0) is 108 Å². The summed E-state index contributed by atoms with van der Waals surface area (Å²) < 4.78 is 2.37. The van der Waals surface area contributed by atoms with Crippen molar-refractivity contribution in [2.45, 2.75) is 6.42 Å². The summed E-state index contributed by atoms with van der Waals surface area (Å²) in [6.07, 6.45) is 2.89. The largest absolute Gasteiger partial charge is 0.383 e. The monoisotopic (exact) mass is 855 g/mol. The molecule has 0 bridgehead atoms. The van der Waals surface area contributed by atoms with Gasteiger partial charge in [0.1, 0.15) is 5.84 Å². The summed E-state index contributed by atoms with van der Waals surface area (Å²) in [4.78, 5) is 5.13. The van der Waals surface area contributed by atoms with Crippen molar-refractivity contribution in [3.05, 3.63) is 265 Å². The number of hydrogen-bond donors (Lipinski definition) is 1. The topological polar surface area (TPSA) is 43.3 Å². The number of aromatic nitrogens is 1. The number of hydrogen-bond acceptors (Lipinski definition) is 1. The van der Waals surface area contributed by atoms with Crippen LogP contribution >= 0.6 is 0 Å². The Morgan fingerprint density at radius 3 is 1.73 bits per heavy atom. The minimum atomic E-state index is 0.481. The Hall–Kier alpha value is -8.79. The standard InChI is InChI=1S/C64H45N3/c65-64(49-20-6-2-7-21-49)66-57(42-33-43-31-34-45(35-32-43)51-28-16-30-59-62(51)55-27-14-15-29-58(55)67(59)50-22-8-3-9-23-50)46-36-38-48(39-37-46)61-54-26-13-12-25-53(54)60(47-18-4-1-5-19-47)56-41-40-44-17-10-11-24-52(44)63(56)61/h1-32,34-42H,33H2,(H2,65,66)/b57-42-. The van der Waals surface area contributed by atoms with Crippen LogP contribution in [0.4, 0.5) is 0 Å². The van der Waals surface area contributed by atoms with Gasteiger partial charge in [0.25, 0.3) is 0 Å². The van der Waals surface area contributed by atoms with Crippen LogP contribution in [0, 0.1) is 0 Å². The molecule has 1 heterocycles. The van der Waals surface area contributed by atoms with E-state index in [9.17, 15) is 0 Å². The summed E-state index contributed by atoms with van der Waals surface area (Å²) in [6.45, 7) is 0. The smallest absolute Gasteiger partial charge is 0.131 e. The lowest BCUT2D eigenvalue weighted by Crippen LogP contribution is -2.13. The lowest BCUT2D eigenvalue weighted by atomic mass is 9.84. The third-order valence-electron chi connectivity index (χ3n) is 13.3. The van der Waals surface area contributed by atoms with Gasteiger partial charge in [0.05, 0.1) is 16.7 Å². The molecule has 0 aliphatic heterocycles. The highest BCUT2D eigenvalue weighted by Crippen LogP contribution is 2.46. The van der Waals surface area contributed by atoms with E-state index in [-0.39, 0.29) is 0 Å². The van der Waals surface area contributed by atoms with Crippen molar-refractivity contribution in [2.75, 3.05) is 0 Å². The van der Waals surface area contributed by atoms with Crippen LogP contribution in [-0.2, 0) is 6.42 Å². The van der Waals surface area contributed by atoms with E-state index in [1.807, 2.05) is 30.3 Å². The molecule has 0 aliphatic carbocycles. The van der Waals surface area contributed by atoms with Crippen molar-refractivity contribution in [3.8, 4) is 39.1 Å². The molecule has 316 valence electrons. The number of aliphatic imine (C=N–C) groups is 1. The quantitative estimate of drug-likeness (QED) is 0.0668. The zero-order valence-corrected chi connectivity index (χ0v) is 36.9. The van der Waals surface area contributed by atoms with Crippen LogP contribution in [0.3, 0.4) is 0 Å². The molecule has 0 atom stereocenters. The number of fused-ring (bicyclic) bond motifs is 7. The second-order valence-electron chi connectivity index (χ2n) is 17.2. The van der Waals surface area contributed by atoms with Gasteiger partial charge in [0.2, 0.25) is 0 Å². The van der Waals surface area contributed by atoms with Gasteiger partial charge in [-0.2, -0.15) is 0 Å². The fraction of sp³-hybridized carbons (Fsp3) is 0.0156. The van der Waals surface area contributed by atoms with Crippen LogP contribution in [0.25, 0.3) is 98.9 Å². The highest BCUT2D eigenvalue weighted by Gasteiger charge is 2.20. The normalized spacial score (nSPS) is 12.2. The summed E-state index contributed by atoms with van der Waals surface area (Å²) in [7, 11) is 0. The molecule has 11 aromatic carbocycles. The number of benzene rings is 11. The minimum Gasteiger partial charge on any atom is -0.383 e. The van der Waals surface area contributed by atoms with Crippen molar-refractivity contribution >= 4 is 65.7 Å². The van der Waals surface area contributed by atoms with E-state index in [2.05, 4.69) is 223 Å². The minimum absolute atomic E-state index is 0.481. The molecular formula is C64H45N3. The van der Waals surface area contributed by atoms with E-state index >= 15 is 0 Å². The van der Waals surface area contributed by atoms with Crippen LogP contribution in [0.2, 0.25) is 0 Å². The number of nitrogens with zero attached hydrogens (tertiary/aromatic N) is 2. The molecule has 12 rings (SSSR count). The number of rotatable bonds is 9. The first kappa shape index (κ1) is 39.8. The first-order valence-corrected chi connectivity index (χ1v) is 23.0. The predicted molar refractivity (Wildman–Crippen MR) is 285 cm³/mol. The number of allylic oxidation sites excluding steroid dienone is 1. The fourth-order valence-corrected chi connectivity index (χ4v) is 10.2. The average molecular weight is 856 g/mol. The van der Waals surface area contributed by atoms with E-state index in [0.29, 0.717) is 12.3 Å². The maximum atomic E-state index is 6.78. The highest BCUT2D eigenvalue weighted by atomic mass is 15.0. The van der Waals surface area contributed by atoms with E-state index in [0.717, 1.165) is 28.1 Å². The van der Waals surface area contributed by atoms with Gasteiger partial charge in [0.15, 0.2) is 0 Å². The van der Waals surface area contributed by atoms with Crippen LogP contribution in [-0.4, -0.2) is 10.4 Å². The molecule has 3 nitrogen and oxygen atoms in total. The second-order valence-corrected chi connectivity index (χ2v) is 17.2. The highest BCUT2D eigenvalue weighted by molar-refractivity contribution is 6.28. The molecule has 2 N–H and O–H groups in total. The summed E-state index contributed by atoms with van der Waals surface area (Å²) >= 11 is 0. The molecule has 3 heteroatoms. The number of amidine groups is 1. The van der Waals surface area contributed by atoms with Gasteiger partial charge in [-0.3, -0.25) is 0 Å². The molecule has 0 saturated heterocycles. The Labute approximate surface area is 390 Å². The molecule has 67 heavy (non-hydrogen) atoms. The molecule has 12 aromatic rings. The third kappa shape index (κ3) is 7.15. The number of para-hydroxylation sites is 2. The van der Waals surface area contributed by atoms with Crippen LogP contribution in [0.1, 0.15) is 16.7 Å². The van der Waals surface area contributed by atoms with Gasteiger partial charge in [-0.25, -0.2) is 4.99 Å². The predicted octanol–water partition coefficient (Wildman–Crippen LogP) is 16.2. The molecule has 0 amide bonds. The molecule has 0 spiro atoms. The molecular weight excluding hydrogens is 811 g/mol. The van der Waals surface area contributed by atoms with Gasteiger partial charge >= 0.3 is 0 Å². The maximum absolute atomic E-state index is 6.78. The summed E-state index contributed by atoms with van der Waals surface area (Å²) in [5, 5.41) is 9.92. The van der Waals surface area contributed by atoms with Gasteiger partial charge < -0.3 is 10.3 Å². The lowest BCUT2D eigenvalue weighted by Gasteiger charge is -2.19. The van der Waals surface area contributed by atoms with Crippen molar-refractivity contribution < 1.29 is 0 Å². The average Bonchev–Trinajstić information content (AvgIpc) is 3.74. The van der Waals surface area contributed by atoms with E-state index in [4.69, 9.17) is 10.7 Å². The van der Waals surface area contributed by atoms with Crippen LogP contribution in [0.5, 0.6) is 0 Å². The van der Waals surface area contributed by atoms with E-state index in [1.165, 1.54) is 87.5 Å². The maximum Gasteiger partial charge on any atom is 0.131 e. The van der Waals surface area contributed by atoms with Crippen molar-refractivity contribution in [1.29, 1.82) is 0 Å². The van der Waals surface area contributed by atoms with Crippen LogP contribution < -0.4 is 5.73 Å². The first-order chi connectivity index (χ1) is 33.2. The van der Waals surface area contributed by atoms with Crippen molar-refractivity contribution in [3.63, 3.8) is 0 Å². The van der Waals surface area contributed by atoms with Gasteiger partial charge in [-0.1, -0.05) is 224 Å². The Morgan fingerprint density at radius 2 is 0.985 bits per heavy atom. The van der Waals surface area contributed by atoms with E-state index in [1.54, 1.807) is 0 Å². The van der Waals surface area contributed by atoms with Crippen molar-refractivity contribution in [1.82, 2.24) is 4.57 Å². The van der Waals surface area contributed by atoms with Gasteiger partial charge in [0, 0.05) is 22.0 Å².